The van der Waals surface area contributed by atoms with Gasteiger partial charge in [0, 0.05) is 0 Å². The number of carbonyl (C=O) groups is 2. The van der Waals surface area contributed by atoms with Crippen molar-refractivity contribution in [2.45, 2.75) is 65.7 Å². The molecule has 1 aliphatic rings. The van der Waals surface area contributed by atoms with E-state index in [1.807, 2.05) is 0 Å². The minimum atomic E-state index is -1.04. The van der Waals surface area contributed by atoms with E-state index in [0.29, 0.717) is 25.4 Å². The van der Waals surface area contributed by atoms with Gasteiger partial charge in [0.2, 0.25) is 0 Å². The van der Waals surface area contributed by atoms with E-state index in [2.05, 4.69) is 26.8 Å². The lowest BCUT2D eigenvalue weighted by molar-refractivity contribution is -0.170. The molecule has 0 radical (unpaired) electrons. The fourth-order valence-electron chi connectivity index (χ4n) is 2.96. The molecule has 0 aromatic heterocycles. The first-order chi connectivity index (χ1) is 10.4. The van der Waals surface area contributed by atoms with Crippen molar-refractivity contribution in [3.05, 3.63) is 11.6 Å². The molecule has 1 saturated carbocycles. The van der Waals surface area contributed by atoms with Crippen LogP contribution in [0.25, 0.3) is 0 Å². The zero-order valence-electron chi connectivity index (χ0n) is 14.4. The van der Waals surface area contributed by atoms with E-state index >= 15 is 0 Å². The SMILES string of the molecule is COC(=O)C1(C(=O)OCC[C@H](C)CCC=C(C)C)CCCC1. The lowest BCUT2D eigenvalue weighted by Crippen LogP contribution is -2.39. The predicted octanol–water partition coefficient (Wildman–Crippen LogP) is 4.04. The van der Waals surface area contributed by atoms with Gasteiger partial charge in [-0.1, -0.05) is 31.4 Å². The summed E-state index contributed by atoms with van der Waals surface area (Å²) in [5, 5.41) is 0. The summed E-state index contributed by atoms with van der Waals surface area (Å²) in [6, 6.07) is 0. The highest BCUT2D eigenvalue weighted by molar-refractivity contribution is 6.00. The Morgan fingerprint density at radius 3 is 2.32 bits per heavy atom. The third kappa shape index (κ3) is 5.15. The molecule has 0 bridgehead atoms. The smallest absolute Gasteiger partial charge is 0.323 e. The third-order valence-corrected chi connectivity index (χ3v) is 4.48. The Morgan fingerprint density at radius 1 is 1.14 bits per heavy atom. The normalized spacial score (nSPS) is 17.6. The van der Waals surface area contributed by atoms with Crippen LogP contribution in [0.4, 0.5) is 0 Å². The highest BCUT2D eigenvalue weighted by Gasteiger charge is 2.50. The molecule has 0 spiro atoms. The lowest BCUT2D eigenvalue weighted by Gasteiger charge is -2.23. The minimum absolute atomic E-state index is 0.383. The summed E-state index contributed by atoms with van der Waals surface area (Å²) in [5.41, 5.74) is 0.292. The van der Waals surface area contributed by atoms with Gasteiger partial charge in [-0.15, -0.1) is 0 Å². The Morgan fingerprint density at radius 2 is 1.77 bits per heavy atom. The fraction of sp³-hybridized carbons (Fsp3) is 0.778. The summed E-state index contributed by atoms with van der Waals surface area (Å²) in [7, 11) is 1.33. The molecule has 22 heavy (non-hydrogen) atoms. The molecule has 1 aliphatic carbocycles. The Hall–Kier alpha value is -1.32. The van der Waals surface area contributed by atoms with E-state index in [9.17, 15) is 9.59 Å². The fourth-order valence-corrected chi connectivity index (χ4v) is 2.96. The van der Waals surface area contributed by atoms with Crippen LogP contribution in [0.5, 0.6) is 0 Å². The van der Waals surface area contributed by atoms with Crippen LogP contribution >= 0.6 is 0 Å². The molecule has 126 valence electrons. The topological polar surface area (TPSA) is 52.6 Å². The highest BCUT2D eigenvalue weighted by Crippen LogP contribution is 2.40. The van der Waals surface area contributed by atoms with E-state index in [4.69, 9.17) is 9.47 Å². The van der Waals surface area contributed by atoms with Gasteiger partial charge in [-0.2, -0.15) is 0 Å². The van der Waals surface area contributed by atoms with Gasteiger partial charge in [0.05, 0.1) is 13.7 Å². The van der Waals surface area contributed by atoms with Gasteiger partial charge in [-0.05, 0) is 51.9 Å². The van der Waals surface area contributed by atoms with E-state index in [1.165, 1.54) is 12.7 Å². The first kappa shape index (κ1) is 18.7. The second-order valence-corrected chi connectivity index (χ2v) is 6.67. The van der Waals surface area contributed by atoms with E-state index in [0.717, 1.165) is 32.1 Å². The van der Waals surface area contributed by atoms with Crippen LogP contribution in [0, 0.1) is 11.3 Å². The van der Waals surface area contributed by atoms with Gasteiger partial charge in [-0.25, -0.2) is 0 Å². The highest BCUT2D eigenvalue weighted by atomic mass is 16.6. The zero-order valence-corrected chi connectivity index (χ0v) is 14.4. The molecule has 1 fully saturated rings. The van der Waals surface area contributed by atoms with Crippen molar-refractivity contribution in [3.63, 3.8) is 0 Å². The molecule has 0 aromatic rings. The minimum Gasteiger partial charge on any atom is -0.468 e. The lowest BCUT2D eigenvalue weighted by atomic mass is 9.86. The van der Waals surface area contributed by atoms with Gasteiger partial charge < -0.3 is 9.47 Å². The number of esters is 2. The van der Waals surface area contributed by atoms with Crippen LogP contribution in [-0.2, 0) is 19.1 Å². The second kappa shape index (κ2) is 8.96. The van der Waals surface area contributed by atoms with Crippen LogP contribution < -0.4 is 0 Å². The van der Waals surface area contributed by atoms with Crippen molar-refractivity contribution in [3.8, 4) is 0 Å². The number of carbonyl (C=O) groups excluding carboxylic acids is 2. The van der Waals surface area contributed by atoms with Crippen LogP contribution in [0.3, 0.4) is 0 Å². The quantitative estimate of drug-likeness (QED) is 0.386. The summed E-state index contributed by atoms with van der Waals surface area (Å²) < 4.78 is 10.2. The molecule has 1 atom stereocenters. The Kier molecular flexibility index (Phi) is 7.63. The standard InChI is InChI=1S/C18H30O4/c1-14(2)8-7-9-15(3)10-13-22-17(20)18(16(19)21-4)11-5-6-12-18/h8,15H,5-7,9-13H2,1-4H3/t15-/m1/s1. The van der Waals surface area contributed by atoms with Crippen molar-refractivity contribution >= 4 is 11.9 Å². The number of ether oxygens (including phenoxy) is 2. The van der Waals surface area contributed by atoms with Gasteiger partial charge in [0.25, 0.3) is 0 Å². The summed E-state index contributed by atoms with van der Waals surface area (Å²) in [4.78, 5) is 24.3. The molecule has 0 saturated heterocycles. The van der Waals surface area contributed by atoms with Crippen LogP contribution in [-0.4, -0.2) is 25.7 Å². The van der Waals surface area contributed by atoms with E-state index < -0.39 is 17.4 Å². The van der Waals surface area contributed by atoms with Crippen LogP contribution in [0.1, 0.15) is 65.7 Å². The average Bonchev–Trinajstić information content (AvgIpc) is 2.96. The number of hydrogen-bond donors (Lipinski definition) is 0. The molecule has 0 N–H and O–H groups in total. The van der Waals surface area contributed by atoms with Crippen molar-refractivity contribution in [2.75, 3.05) is 13.7 Å². The largest absolute Gasteiger partial charge is 0.468 e. The number of methoxy groups -OCH3 is 1. The Labute approximate surface area is 134 Å². The second-order valence-electron chi connectivity index (χ2n) is 6.67. The van der Waals surface area contributed by atoms with Crippen molar-refractivity contribution in [1.29, 1.82) is 0 Å². The van der Waals surface area contributed by atoms with Crippen molar-refractivity contribution in [1.82, 2.24) is 0 Å². The Balaban J connectivity index is 2.38. The first-order valence-electron chi connectivity index (χ1n) is 8.31. The Bertz CT molecular complexity index is 401. The molecule has 0 heterocycles. The summed E-state index contributed by atoms with van der Waals surface area (Å²) in [6.07, 6.45) is 8.07. The van der Waals surface area contributed by atoms with Gasteiger partial charge in [0.15, 0.2) is 5.41 Å². The van der Waals surface area contributed by atoms with Gasteiger partial charge in [-0.3, -0.25) is 9.59 Å². The maximum atomic E-state index is 12.3. The summed E-state index contributed by atoms with van der Waals surface area (Å²) >= 11 is 0. The molecular formula is C18H30O4. The molecule has 1 rings (SSSR count). The predicted molar refractivity (Wildman–Crippen MR) is 86.3 cm³/mol. The maximum absolute atomic E-state index is 12.3. The number of rotatable bonds is 8. The molecule has 0 unspecified atom stereocenters. The van der Waals surface area contributed by atoms with E-state index in [-0.39, 0.29) is 0 Å². The maximum Gasteiger partial charge on any atom is 0.323 e. The van der Waals surface area contributed by atoms with Gasteiger partial charge in [0.1, 0.15) is 0 Å². The van der Waals surface area contributed by atoms with Crippen LogP contribution in [0.15, 0.2) is 11.6 Å². The average molecular weight is 310 g/mol. The zero-order chi connectivity index (χ0) is 16.6. The molecule has 0 amide bonds. The van der Waals surface area contributed by atoms with E-state index in [1.54, 1.807) is 0 Å². The number of hydrogen-bond acceptors (Lipinski definition) is 4. The number of allylic oxidation sites excluding steroid dienone is 2. The summed E-state index contributed by atoms with van der Waals surface area (Å²) in [6.45, 7) is 6.74. The molecular weight excluding hydrogens is 280 g/mol. The molecule has 0 aliphatic heterocycles. The summed E-state index contributed by atoms with van der Waals surface area (Å²) in [5.74, 6) is -0.332. The monoisotopic (exact) mass is 310 g/mol. The first-order valence-corrected chi connectivity index (χ1v) is 8.31. The molecule has 4 nitrogen and oxygen atoms in total. The molecule has 4 heteroatoms. The van der Waals surface area contributed by atoms with Crippen LogP contribution in [0.2, 0.25) is 0 Å². The van der Waals surface area contributed by atoms with Gasteiger partial charge >= 0.3 is 11.9 Å². The van der Waals surface area contributed by atoms with Crippen molar-refractivity contribution in [2.24, 2.45) is 11.3 Å². The molecule has 0 aromatic carbocycles. The van der Waals surface area contributed by atoms with Crippen molar-refractivity contribution < 1.29 is 19.1 Å². The third-order valence-electron chi connectivity index (χ3n) is 4.48.